The van der Waals surface area contributed by atoms with E-state index in [0.717, 1.165) is 24.0 Å². The number of benzene rings is 1. The highest BCUT2D eigenvalue weighted by Gasteiger charge is 2.53. The molecule has 1 atom stereocenters. The zero-order valence-corrected chi connectivity index (χ0v) is 19.0. The Morgan fingerprint density at radius 1 is 1.19 bits per heavy atom. The maximum Gasteiger partial charge on any atom is 0.254 e. The summed E-state index contributed by atoms with van der Waals surface area (Å²) in [5, 5.41) is 14.7. The summed E-state index contributed by atoms with van der Waals surface area (Å²) in [4.78, 5) is 12.7. The van der Waals surface area contributed by atoms with E-state index in [4.69, 9.17) is 15.3 Å². The van der Waals surface area contributed by atoms with Crippen molar-refractivity contribution in [2.75, 3.05) is 20.3 Å². The number of nitriles is 1. The Morgan fingerprint density at radius 3 is 2.58 bits per heavy atom. The number of nitrogens with zero attached hydrogens (tertiary/aromatic N) is 4. The van der Waals surface area contributed by atoms with Gasteiger partial charge < -0.3 is 10.5 Å². The van der Waals surface area contributed by atoms with E-state index in [1.54, 1.807) is 17.3 Å². The molecule has 8 nitrogen and oxygen atoms in total. The van der Waals surface area contributed by atoms with Crippen LogP contribution in [0, 0.1) is 11.3 Å². The van der Waals surface area contributed by atoms with Crippen LogP contribution in [0.3, 0.4) is 0 Å². The first-order chi connectivity index (χ1) is 14.6. The second-order valence-electron chi connectivity index (χ2n) is 9.78. The quantitative estimate of drug-likeness (QED) is 0.769. The number of hydrogen-bond donors (Lipinski definition) is 2. The molecule has 2 saturated heterocycles. The van der Waals surface area contributed by atoms with Crippen molar-refractivity contribution < 1.29 is 9.57 Å². The van der Waals surface area contributed by atoms with Gasteiger partial charge in [0.05, 0.1) is 24.8 Å². The lowest BCUT2D eigenvalue weighted by Crippen LogP contribution is -2.72. The van der Waals surface area contributed by atoms with Crippen molar-refractivity contribution in [3.63, 3.8) is 0 Å². The van der Waals surface area contributed by atoms with Crippen LogP contribution >= 0.6 is 0 Å². The largest absolute Gasteiger partial charge is 0.368 e. The summed E-state index contributed by atoms with van der Waals surface area (Å²) in [6.07, 6.45) is 3.57. The molecular formula is C23H32N6O2. The van der Waals surface area contributed by atoms with Crippen molar-refractivity contribution in [2.45, 2.75) is 63.5 Å². The van der Waals surface area contributed by atoms with Gasteiger partial charge in [-0.2, -0.15) is 10.3 Å². The van der Waals surface area contributed by atoms with Crippen LogP contribution in [0.4, 0.5) is 0 Å². The van der Waals surface area contributed by atoms with Gasteiger partial charge in [-0.15, -0.1) is 0 Å². The normalized spacial score (nSPS) is 28.3. The molecule has 8 heteroatoms. The van der Waals surface area contributed by atoms with E-state index in [9.17, 15) is 5.26 Å². The first kappa shape index (κ1) is 21.8. The van der Waals surface area contributed by atoms with Gasteiger partial charge in [0.25, 0.3) is 5.85 Å². The van der Waals surface area contributed by atoms with E-state index < -0.39 is 5.85 Å². The third-order valence-electron chi connectivity index (χ3n) is 6.81. The summed E-state index contributed by atoms with van der Waals surface area (Å²) in [7, 11) is 2.19. The molecule has 1 unspecified atom stereocenters. The van der Waals surface area contributed by atoms with Gasteiger partial charge in [-0.05, 0) is 65.3 Å². The minimum absolute atomic E-state index is 0.00465. The number of hydrogen-bond acceptors (Lipinski definition) is 8. The van der Waals surface area contributed by atoms with Gasteiger partial charge in [0.15, 0.2) is 0 Å². The van der Waals surface area contributed by atoms with Gasteiger partial charge in [0.1, 0.15) is 0 Å². The molecule has 0 aromatic heterocycles. The molecule has 2 fully saturated rings. The van der Waals surface area contributed by atoms with Gasteiger partial charge in [0, 0.05) is 28.9 Å². The lowest BCUT2D eigenvalue weighted by Gasteiger charge is -2.56. The Kier molecular flexibility index (Phi) is 5.34. The average Bonchev–Trinajstić information content (AvgIpc) is 2.72. The maximum absolute atomic E-state index is 9.40. The zero-order chi connectivity index (χ0) is 22.4. The molecule has 0 spiro atoms. The Hall–Kier alpha value is -2.44. The standard InChI is InChI=1S/C23H32N6O2/c1-21(2)12-18(13-22(3,4)28(21)5)27-23-19(17-8-6-7-16(11-17)14-24)15-26-20(25)29(23)31-10-9-30-23/h6-8,11,15,18,27H,9-10,12-13H2,1-5H3,(H2,25,26). The maximum atomic E-state index is 9.40. The van der Waals surface area contributed by atoms with E-state index in [-0.39, 0.29) is 23.1 Å². The summed E-state index contributed by atoms with van der Waals surface area (Å²) in [6.45, 7) is 9.85. The van der Waals surface area contributed by atoms with E-state index in [2.05, 4.69) is 56.0 Å². The second kappa shape index (κ2) is 7.61. The Balaban J connectivity index is 1.76. The minimum Gasteiger partial charge on any atom is -0.368 e. The number of nitrogens with one attached hydrogen (secondary N) is 1. The number of fused-ring (bicyclic) bond motifs is 1. The Labute approximate surface area is 184 Å². The van der Waals surface area contributed by atoms with Gasteiger partial charge >= 0.3 is 0 Å². The third-order valence-corrected chi connectivity index (χ3v) is 6.81. The molecule has 0 radical (unpaired) electrons. The number of aliphatic imine (C=N–C) groups is 1. The highest BCUT2D eigenvalue weighted by atomic mass is 16.8. The number of guanidine groups is 1. The highest BCUT2D eigenvalue weighted by molar-refractivity contribution is 5.87. The van der Waals surface area contributed by atoms with Gasteiger partial charge in [-0.25, -0.2) is 4.99 Å². The summed E-state index contributed by atoms with van der Waals surface area (Å²) >= 11 is 0. The summed E-state index contributed by atoms with van der Waals surface area (Å²) < 4.78 is 6.41. The predicted octanol–water partition coefficient (Wildman–Crippen LogP) is 2.39. The predicted molar refractivity (Wildman–Crippen MR) is 119 cm³/mol. The molecule has 0 aliphatic carbocycles. The highest BCUT2D eigenvalue weighted by Crippen LogP contribution is 2.42. The van der Waals surface area contributed by atoms with Crippen molar-refractivity contribution in [1.82, 2.24) is 15.3 Å². The fraction of sp³-hybridized carbons (Fsp3) is 0.565. The van der Waals surface area contributed by atoms with Crippen LogP contribution in [0.15, 0.2) is 35.5 Å². The fourth-order valence-corrected chi connectivity index (χ4v) is 5.11. The van der Waals surface area contributed by atoms with Crippen LogP contribution in [-0.4, -0.2) is 59.2 Å². The SMILES string of the molecule is CN1C(C)(C)CC(NC23OCCON2C(N)=NC=C3c2cccc(C#N)c2)CC1(C)C. The summed E-state index contributed by atoms with van der Waals surface area (Å²) in [5.41, 5.74) is 8.40. The molecule has 4 rings (SSSR count). The van der Waals surface area contributed by atoms with Crippen LogP contribution in [-0.2, 0) is 9.57 Å². The molecule has 3 aliphatic heterocycles. The number of likely N-dealkylation sites (tertiary alicyclic amines) is 1. The first-order valence-electron chi connectivity index (χ1n) is 10.7. The second-order valence-corrected chi connectivity index (χ2v) is 9.78. The van der Waals surface area contributed by atoms with Gasteiger partial charge in [-0.1, -0.05) is 12.1 Å². The van der Waals surface area contributed by atoms with E-state index in [1.165, 1.54) is 0 Å². The zero-order valence-electron chi connectivity index (χ0n) is 19.0. The fourth-order valence-electron chi connectivity index (χ4n) is 5.11. The smallest absolute Gasteiger partial charge is 0.254 e. The molecule has 0 saturated carbocycles. The van der Waals surface area contributed by atoms with Crippen molar-refractivity contribution >= 4 is 11.5 Å². The molecule has 3 heterocycles. The van der Waals surface area contributed by atoms with E-state index >= 15 is 0 Å². The molecule has 0 bridgehead atoms. The molecule has 0 amide bonds. The van der Waals surface area contributed by atoms with Gasteiger partial charge in [0.2, 0.25) is 5.96 Å². The first-order valence-corrected chi connectivity index (χ1v) is 10.7. The van der Waals surface area contributed by atoms with E-state index in [1.807, 2.05) is 18.2 Å². The molecule has 31 heavy (non-hydrogen) atoms. The number of rotatable bonds is 3. The number of hydroxylamine groups is 2. The van der Waals surface area contributed by atoms with Crippen LogP contribution in [0.5, 0.6) is 0 Å². The molecule has 3 aliphatic rings. The van der Waals surface area contributed by atoms with E-state index in [0.29, 0.717) is 18.8 Å². The topological polar surface area (TPSA) is 99.1 Å². The lowest BCUT2D eigenvalue weighted by molar-refractivity contribution is -0.308. The van der Waals surface area contributed by atoms with Crippen LogP contribution in [0.1, 0.15) is 51.7 Å². The number of piperidine rings is 1. The van der Waals surface area contributed by atoms with Crippen molar-refractivity contribution in [3.05, 3.63) is 41.6 Å². The van der Waals surface area contributed by atoms with Crippen molar-refractivity contribution in [1.29, 1.82) is 5.26 Å². The summed E-state index contributed by atoms with van der Waals surface area (Å²) in [6, 6.07) is 9.78. The van der Waals surface area contributed by atoms with Crippen molar-refractivity contribution in [2.24, 2.45) is 10.7 Å². The molecule has 3 N–H and O–H groups in total. The monoisotopic (exact) mass is 424 g/mol. The molecule has 166 valence electrons. The van der Waals surface area contributed by atoms with Gasteiger partial charge in [-0.3, -0.25) is 15.1 Å². The van der Waals surface area contributed by atoms with Crippen LogP contribution in [0.2, 0.25) is 0 Å². The van der Waals surface area contributed by atoms with Crippen LogP contribution in [0.25, 0.3) is 5.57 Å². The molecule has 1 aromatic carbocycles. The number of ether oxygens (including phenoxy) is 1. The third kappa shape index (κ3) is 3.72. The Morgan fingerprint density at radius 2 is 1.90 bits per heavy atom. The average molecular weight is 425 g/mol. The van der Waals surface area contributed by atoms with Crippen molar-refractivity contribution in [3.8, 4) is 6.07 Å². The molecule has 1 aromatic rings. The minimum atomic E-state index is -1.12. The lowest BCUT2D eigenvalue weighted by atomic mass is 9.77. The molecular weight excluding hydrogens is 392 g/mol. The number of nitrogens with two attached hydrogens (primary N) is 1. The summed E-state index contributed by atoms with van der Waals surface area (Å²) in [5.74, 6) is -0.885. The Bertz CT molecular complexity index is 945. The van der Waals surface area contributed by atoms with Crippen LogP contribution < -0.4 is 11.1 Å².